The Morgan fingerprint density at radius 2 is 1.83 bits per heavy atom. The van der Waals surface area contributed by atoms with Gasteiger partial charge in [0.25, 0.3) is 5.91 Å². The summed E-state index contributed by atoms with van der Waals surface area (Å²) in [4.78, 5) is 25.1. The normalized spacial score (nSPS) is 13.3. The van der Waals surface area contributed by atoms with Gasteiger partial charge in [0.05, 0.1) is 13.7 Å². The fraction of sp³-hybridized carbons (Fsp3) is 0.318. The number of amides is 1. The van der Waals surface area contributed by atoms with E-state index in [4.69, 9.17) is 4.74 Å². The summed E-state index contributed by atoms with van der Waals surface area (Å²) in [6.45, 7) is 2.63. The average Bonchev–Trinajstić information content (AvgIpc) is 3.52. The Labute approximate surface area is 168 Å². The van der Waals surface area contributed by atoms with E-state index in [1.54, 1.807) is 23.8 Å². The lowest BCUT2D eigenvalue weighted by atomic mass is 10.1. The zero-order valence-electron chi connectivity index (χ0n) is 16.6. The highest BCUT2D eigenvalue weighted by molar-refractivity contribution is 5.94. The predicted octanol–water partition coefficient (Wildman–Crippen LogP) is 2.79. The zero-order valence-corrected chi connectivity index (χ0v) is 16.6. The molecule has 1 amide bonds. The lowest BCUT2D eigenvalue weighted by Crippen LogP contribution is -2.32. The predicted molar refractivity (Wildman–Crippen MR) is 110 cm³/mol. The van der Waals surface area contributed by atoms with Gasteiger partial charge in [-0.25, -0.2) is 9.48 Å². The number of carbonyl (C=O) groups excluding carboxylic acids is 1. The van der Waals surface area contributed by atoms with E-state index < -0.39 is 0 Å². The third kappa shape index (κ3) is 4.08. The fourth-order valence-corrected chi connectivity index (χ4v) is 3.25. The van der Waals surface area contributed by atoms with Crippen molar-refractivity contribution in [2.24, 2.45) is 0 Å². The zero-order chi connectivity index (χ0) is 20.4. The second-order valence-corrected chi connectivity index (χ2v) is 7.28. The number of aromatic nitrogens is 3. The number of nitrogens with zero attached hydrogens (tertiary/aromatic N) is 3. The average molecular weight is 392 g/mol. The number of carbonyl (C=O) groups is 1. The highest BCUT2D eigenvalue weighted by Crippen LogP contribution is 2.36. The van der Waals surface area contributed by atoms with Gasteiger partial charge in [0.1, 0.15) is 5.75 Å². The molecule has 0 saturated heterocycles. The molecule has 29 heavy (non-hydrogen) atoms. The van der Waals surface area contributed by atoms with Crippen molar-refractivity contribution in [1.82, 2.24) is 19.7 Å². The molecule has 2 aromatic carbocycles. The van der Waals surface area contributed by atoms with Crippen molar-refractivity contribution >= 4 is 5.91 Å². The molecule has 0 bridgehead atoms. The Kier molecular flexibility index (Phi) is 5.20. The summed E-state index contributed by atoms with van der Waals surface area (Å²) in [5.74, 6) is 1.26. The minimum atomic E-state index is -0.157. The van der Waals surface area contributed by atoms with E-state index in [0.29, 0.717) is 24.5 Å². The van der Waals surface area contributed by atoms with Crippen molar-refractivity contribution in [1.29, 1.82) is 0 Å². The van der Waals surface area contributed by atoms with Crippen LogP contribution in [0, 0.1) is 6.92 Å². The smallest absolute Gasteiger partial charge is 0.346 e. The summed E-state index contributed by atoms with van der Waals surface area (Å²) in [7, 11) is 1.62. The Bertz CT molecular complexity index is 1060. The molecule has 3 aromatic rings. The molecule has 4 rings (SSSR count). The van der Waals surface area contributed by atoms with Gasteiger partial charge in [-0.05, 0) is 56.2 Å². The monoisotopic (exact) mass is 392 g/mol. The van der Waals surface area contributed by atoms with Crippen molar-refractivity contribution in [2.75, 3.05) is 13.7 Å². The molecular weight excluding hydrogens is 368 g/mol. The number of benzene rings is 2. The van der Waals surface area contributed by atoms with Crippen LogP contribution in [0.15, 0.2) is 53.3 Å². The first-order valence-corrected chi connectivity index (χ1v) is 9.75. The third-order valence-electron chi connectivity index (χ3n) is 5.05. The van der Waals surface area contributed by atoms with Gasteiger partial charge in [0, 0.05) is 23.7 Å². The Morgan fingerprint density at radius 1 is 1.14 bits per heavy atom. The molecule has 0 unspecified atom stereocenters. The van der Waals surface area contributed by atoms with Gasteiger partial charge in [-0.15, -0.1) is 5.10 Å². The maximum Gasteiger partial charge on any atom is 0.346 e. The number of hydrogen-bond acceptors (Lipinski definition) is 4. The molecule has 7 nitrogen and oxygen atoms in total. The molecule has 1 fully saturated rings. The van der Waals surface area contributed by atoms with Crippen LogP contribution in [0.2, 0.25) is 0 Å². The van der Waals surface area contributed by atoms with Crippen LogP contribution in [0.4, 0.5) is 0 Å². The molecule has 0 atom stereocenters. The quantitative estimate of drug-likeness (QED) is 0.671. The van der Waals surface area contributed by atoms with Crippen LogP contribution in [0.5, 0.6) is 5.75 Å². The number of ether oxygens (including phenoxy) is 1. The molecule has 1 aliphatic rings. The highest BCUT2D eigenvalue weighted by atomic mass is 16.5. The minimum absolute atomic E-state index is 0.136. The molecule has 1 aromatic heterocycles. The molecule has 0 aliphatic heterocycles. The van der Waals surface area contributed by atoms with Crippen LogP contribution in [0.1, 0.15) is 34.8 Å². The molecule has 1 N–H and O–H groups in total. The van der Waals surface area contributed by atoms with Gasteiger partial charge in [0.15, 0.2) is 5.82 Å². The molecule has 7 heteroatoms. The van der Waals surface area contributed by atoms with Crippen molar-refractivity contribution in [2.45, 2.75) is 32.4 Å². The number of rotatable bonds is 7. The first-order chi connectivity index (χ1) is 14.1. The molecule has 1 saturated carbocycles. The Balaban J connectivity index is 1.49. The van der Waals surface area contributed by atoms with E-state index in [0.717, 1.165) is 29.7 Å². The van der Waals surface area contributed by atoms with Crippen LogP contribution in [-0.4, -0.2) is 33.9 Å². The van der Waals surface area contributed by atoms with Gasteiger partial charge in [-0.1, -0.05) is 17.7 Å². The first kappa shape index (κ1) is 19.0. The number of aryl methyl sites for hydroxylation is 1. The van der Waals surface area contributed by atoms with E-state index in [1.165, 1.54) is 4.68 Å². The summed E-state index contributed by atoms with van der Waals surface area (Å²) >= 11 is 0. The molecule has 0 spiro atoms. The van der Waals surface area contributed by atoms with Gasteiger partial charge >= 0.3 is 5.69 Å². The largest absolute Gasteiger partial charge is 0.497 e. The molecule has 1 aliphatic carbocycles. The highest BCUT2D eigenvalue weighted by Gasteiger charge is 2.30. The van der Waals surface area contributed by atoms with Crippen molar-refractivity contribution in [3.8, 4) is 17.1 Å². The van der Waals surface area contributed by atoms with Gasteiger partial charge < -0.3 is 10.1 Å². The number of methoxy groups -OCH3 is 1. The summed E-state index contributed by atoms with van der Waals surface area (Å²) in [5.41, 5.74) is 2.44. The third-order valence-corrected chi connectivity index (χ3v) is 5.05. The molecular formula is C22H24N4O3. The summed E-state index contributed by atoms with van der Waals surface area (Å²) in [6.07, 6.45) is 1.97. The number of nitrogens with one attached hydrogen (secondary N) is 1. The van der Waals surface area contributed by atoms with Crippen LogP contribution in [0.3, 0.4) is 0 Å². The molecule has 150 valence electrons. The fourth-order valence-electron chi connectivity index (χ4n) is 3.25. The van der Waals surface area contributed by atoms with E-state index >= 15 is 0 Å². The Morgan fingerprint density at radius 3 is 2.45 bits per heavy atom. The summed E-state index contributed by atoms with van der Waals surface area (Å²) < 4.78 is 8.41. The second kappa shape index (κ2) is 7.95. The number of hydrogen-bond donors (Lipinski definition) is 1. The van der Waals surface area contributed by atoms with E-state index in [9.17, 15) is 9.59 Å². The first-order valence-electron chi connectivity index (χ1n) is 9.75. The van der Waals surface area contributed by atoms with Crippen LogP contribution < -0.4 is 15.7 Å². The van der Waals surface area contributed by atoms with Crippen LogP contribution in [0.25, 0.3) is 11.4 Å². The van der Waals surface area contributed by atoms with Gasteiger partial charge in [-0.3, -0.25) is 9.36 Å². The maximum absolute atomic E-state index is 12.9. The van der Waals surface area contributed by atoms with Crippen molar-refractivity contribution in [3.63, 3.8) is 0 Å². The van der Waals surface area contributed by atoms with E-state index in [2.05, 4.69) is 10.4 Å². The van der Waals surface area contributed by atoms with Crippen molar-refractivity contribution < 1.29 is 9.53 Å². The minimum Gasteiger partial charge on any atom is -0.497 e. The summed E-state index contributed by atoms with van der Waals surface area (Å²) in [5, 5.41) is 7.41. The maximum atomic E-state index is 12.9. The lowest BCUT2D eigenvalue weighted by Gasteiger charge is -2.05. The lowest BCUT2D eigenvalue weighted by molar-refractivity contribution is 0.0951. The van der Waals surface area contributed by atoms with Crippen molar-refractivity contribution in [3.05, 3.63) is 70.1 Å². The topological polar surface area (TPSA) is 78.2 Å². The van der Waals surface area contributed by atoms with Gasteiger partial charge in [-0.2, -0.15) is 0 Å². The molecule has 1 heterocycles. The van der Waals surface area contributed by atoms with Crippen LogP contribution >= 0.6 is 0 Å². The second-order valence-electron chi connectivity index (χ2n) is 7.28. The van der Waals surface area contributed by atoms with E-state index in [-0.39, 0.29) is 17.6 Å². The SMILES string of the molecule is COc1ccc(-c2nn(CCNC(=O)c3ccc(C)cc3)c(=O)n2C2CC2)cc1. The standard InChI is InChI=1S/C22H24N4O3/c1-15-3-5-17(6-4-15)21(27)23-13-14-25-22(28)26(18-9-10-18)20(24-25)16-7-11-19(29-2)12-8-16/h3-8,11-12,18H,9-10,13-14H2,1-2H3,(H,23,27). The Hall–Kier alpha value is -3.35. The summed E-state index contributed by atoms with van der Waals surface area (Å²) in [6, 6.07) is 15.1. The molecule has 0 radical (unpaired) electrons. The van der Waals surface area contributed by atoms with Gasteiger partial charge in [0.2, 0.25) is 0 Å². The van der Waals surface area contributed by atoms with Crippen LogP contribution in [-0.2, 0) is 6.54 Å². The van der Waals surface area contributed by atoms with E-state index in [1.807, 2.05) is 43.3 Å².